The van der Waals surface area contributed by atoms with Gasteiger partial charge in [-0.15, -0.1) is 0 Å². The summed E-state index contributed by atoms with van der Waals surface area (Å²) in [5.41, 5.74) is 0.617. The molecule has 0 aliphatic heterocycles. The van der Waals surface area contributed by atoms with Gasteiger partial charge in [-0.1, -0.05) is 31.5 Å². The summed E-state index contributed by atoms with van der Waals surface area (Å²) in [6.45, 7) is 2.36. The molecule has 1 fully saturated rings. The highest BCUT2D eigenvalue weighted by molar-refractivity contribution is 7.89. The fraction of sp³-hybridized carbons (Fsp3) is 0.571. The van der Waals surface area contributed by atoms with E-state index in [2.05, 4.69) is 11.6 Å². The van der Waals surface area contributed by atoms with Crippen molar-refractivity contribution in [2.75, 3.05) is 6.54 Å². The maximum Gasteiger partial charge on any atom is 0.240 e. The molecule has 19 heavy (non-hydrogen) atoms. The van der Waals surface area contributed by atoms with Crippen molar-refractivity contribution in [2.24, 2.45) is 5.41 Å². The van der Waals surface area contributed by atoms with Crippen LogP contribution in [-0.4, -0.2) is 20.1 Å². The van der Waals surface area contributed by atoms with Gasteiger partial charge in [0.25, 0.3) is 0 Å². The molecule has 0 saturated heterocycles. The number of aliphatic hydroxyl groups excluding tert-OH is 1. The molecule has 0 heterocycles. The summed E-state index contributed by atoms with van der Waals surface area (Å²) >= 11 is 0. The number of benzene rings is 1. The van der Waals surface area contributed by atoms with Crippen molar-refractivity contribution >= 4 is 10.0 Å². The van der Waals surface area contributed by atoms with Crippen LogP contribution >= 0.6 is 0 Å². The fourth-order valence-corrected chi connectivity index (χ4v) is 3.83. The molecule has 1 aromatic carbocycles. The highest BCUT2D eigenvalue weighted by Gasteiger charge is 2.42. The number of hydrogen-bond donors (Lipinski definition) is 2. The fourth-order valence-electron chi connectivity index (χ4n) is 2.44. The van der Waals surface area contributed by atoms with Crippen molar-refractivity contribution in [3.05, 3.63) is 29.8 Å². The summed E-state index contributed by atoms with van der Waals surface area (Å²) in [4.78, 5) is 0.185. The van der Waals surface area contributed by atoms with Gasteiger partial charge in [0.05, 0.1) is 11.5 Å². The molecule has 1 aromatic rings. The smallest absolute Gasteiger partial charge is 0.240 e. The van der Waals surface area contributed by atoms with E-state index in [-0.39, 0.29) is 16.9 Å². The second-order valence-electron chi connectivity index (χ2n) is 5.34. The Hall–Kier alpha value is -0.910. The quantitative estimate of drug-likeness (QED) is 0.804. The minimum atomic E-state index is -3.52. The predicted molar refractivity (Wildman–Crippen MR) is 74.1 cm³/mol. The van der Waals surface area contributed by atoms with Crippen LogP contribution in [-0.2, 0) is 16.6 Å². The molecule has 0 aromatic heterocycles. The molecule has 1 aliphatic rings. The van der Waals surface area contributed by atoms with E-state index in [4.69, 9.17) is 0 Å². The molecule has 2 N–H and O–H groups in total. The molecular weight excluding hydrogens is 262 g/mol. The van der Waals surface area contributed by atoms with Crippen LogP contribution in [0.15, 0.2) is 29.2 Å². The lowest BCUT2D eigenvalue weighted by Crippen LogP contribution is -2.31. The predicted octanol–water partition coefficient (Wildman–Crippen LogP) is 2.04. The zero-order chi connectivity index (χ0) is 13.9. The van der Waals surface area contributed by atoms with E-state index in [1.165, 1.54) is 6.07 Å². The summed E-state index contributed by atoms with van der Waals surface area (Å²) in [5, 5.41) is 9.21. The van der Waals surface area contributed by atoms with Gasteiger partial charge in [0.1, 0.15) is 0 Å². The largest absolute Gasteiger partial charge is 0.392 e. The zero-order valence-corrected chi connectivity index (χ0v) is 12.0. The van der Waals surface area contributed by atoms with Gasteiger partial charge in [-0.25, -0.2) is 13.1 Å². The number of hydrogen-bond acceptors (Lipinski definition) is 3. The first-order valence-corrected chi connectivity index (χ1v) is 8.20. The number of rotatable bonds is 7. The summed E-state index contributed by atoms with van der Waals surface area (Å²) < 4.78 is 27.2. The number of sulfonamides is 1. The van der Waals surface area contributed by atoms with Gasteiger partial charge in [0.15, 0.2) is 0 Å². The summed E-state index contributed by atoms with van der Waals surface area (Å²) in [6.07, 6.45) is 4.35. The molecule has 0 spiro atoms. The van der Waals surface area contributed by atoms with Crippen LogP contribution < -0.4 is 4.72 Å². The lowest BCUT2D eigenvalue weighted by atomic mass is 10.0. The van der Waals surface area contributed by atoms with Crippen molar-refractivity contribution in [1.29, 1.82) is 0 Å². The highest BCUT2D eigenvalue weighted by Crippen LogP contribution is 2.49. The minimum absolute atomic E-state index is 0.177. The Labute approximate surface area is 114 Å². The van der Waals surface area contributed by atoms with Crippen LogP contribution in [0.1, 0.15) is 38.2 Å². The zero-order valence-electron chi connectivity index (χ0n) is 11.2. The molecule has 0 bridgehead atoms. The molecule has 5 heteroatoms. The molecule has 1 saturated carbocycles. The maximum absolute atomic E-state index is 12.3. The summed E-state index contributed by atoms with van der Waals surface area (Å²) in [7, 11) is -3.52. The van der Waals surface area contributed by atoms with Crippen LogP contribution in [0.25, 0.3) is 0 Å². The van der Waals surface area contributed by atoms with Gasteiger partial charge in [-0.05, 0) is 36.3 Å². The molecule has 106 valence electrons. The standard InChI is InChI=1S/C14H21NO3S/c1-2-7-14(8-9-14)11-15-19(17,18)13-6-4-3-5-12(13)10-16/h3-6,15-16H,2,7-11H2,1H3. The van der Waals surface area contributed by atoms with Crippen molar-refractivity contribution in [3.63, 3.8) is 0 Å². The highest BCUT2D eigenvalue weighted by atomic mass is 32.2. The van der Waals surface area contributed by atoms with Crippen LogP contribution in [0.3, 0.4) is 0 Å². The minimum Gasteiger partial charge on any atom is -0.392 e. The normalized spacial score (nSPS) is 17.4. The van der Waals surface area contributed by atoms with Gasteiger partial charge >= 0.3 is 0 Å². The first-order chi connectivity index (χ1) is 9.03. The van der Waals surface area contributed by atoms with Crippen LogP contribution in [0.4, 0.5) is 0 Å². The van der Waals surface area contributed by atoms with Gasteiger partial charge in [0, 0.05) is 6.54 Å². The van der Waals surface area contributed by atoms with E-state index in [1.54, 1.807) is 18.2 Å². The van der Waals surface area contributed by atoms with E-state index in [1.807, 2.05) is 0 Å². The second-order valence-corrected chi connectivity index (χ2v) is 7.08. The average molecular weight is 283 g/mol. The Morgan fingerprint density at radius 3 is 2.58 bits per heavy atom. The van der Waals surface area contributed by atoms with E-state index in [9.17, 15) is 13.5 Å². The van der Waals surface area contributed by atoms with Crippen molar-refractivity contribution in [2.45, 2.75) is 44.1 Å². The SMILES string of the molecule is CCCC1(CNS(=O)(=O)c2ccccc2CO)CC1. The van der Waals surface area contributed by atoms with Gasteiger partial charge in [-0.2, -0.15) is 0 Å². The topological polar surface area (TPSA) is 66.4 Å². The Morgan fingerprint density at radius 1 is 1.32 bits per heavy atom. The van der Waals surface area contributed by atoms with E-state index in [0.717, 1.165) is 25.7 Å². The first-order valence-electron chi connectivity index (χ1n) is 6.71. The number of aliphatic hydroxyl groups is 1. The Kier molecular flexibility index (Phi) is 4.28. The Balaban J connectivity index is 2.10. The molecule has 2 rings (SSSR count). The van der Waals surface area contributed by atoms with Crippen molar-refractivity contribution < 1.29 is 13.5 Å². The molecular formula is C14H21NO3S. The van der Waals surface area contributed by atoms with E-state index < -0.39 is 10.0 Å². The maximum atomic E-state index is 12.3. The second kappa shape index (κ2) is 5.61. The molecule has 0 radical (unpaired) electrons. The molecule has 0 atom stereocenters. The Morgan fingerprint density at radius 2 is 2.00 bits per heavy atom. The summed E-state index contributed by atoms with van der Waals surface area (Å²) in [5.74, 6) is 0. The van der Waals surface area contributed by atoms with Crippen LogP contribution in [0.2, 0.25) is 0 Å². The van der Waals surface area contributed by atoms with Crippen LogP contribution in [0, 0.1) is 5.41 Å². The van der Waals surface area contributed by atoms with Gasteiger partial charge in [0.2, 0.25) is 10.0 Å². The molecule has 4 nitrogen and oxygen atoms in total. The van der Waals surface area contributed by atoms with Gasteiger partial charge < -0.3 is 5.11 Å². The van der Waals surface area contributed by atoms with E-state index in [0.29, 0.717) is 12.1 Å². The number of nitrogens with one attached hydrogen (secondary N) is 1. The summed E-state index contributed by atoms with van der Waals surface area (Å²) in [6, 6.07) is 6.57. The lowest BCUT2D eigenvalue weighted by Gasteiger charge is -2.16. The van der Waals surface area contributed by atoms with Gasteiger partial charge in [-0.3, -0.25) is 0 Å². The lowest BCUT2D eigenvalue weighted by molar-refractivity contribution is 0.278. The molecule has 1 aliphatic carbocycles. The molecule has 0 amide bonds. The van der Waals surface area contributed by atoms with Crippen molar-refractivity contribution in [3.8, 4) is 0 Å². The van der Waals surface area contributed by atoms with Crippen molar-refractivity contribution in [1.82, 2.24) is 4.72 Å². The first kappa shape index (κ1) is 14.5. The average Bonchev–Trinajstić information content (AvgIpc) is 3.17. The monoisotopic (exact) mass is 283 g/mol. The Bertz CT molecular complexity index is 535. The van der Waals surface area contributed by atoms with Crippen LogP contribution in [0.5, 0.6) is 0 Å². The third-order valence-corrected chi connectivity index (χ3v) is 5.31. The van der Waals surface area contributed by atoms with E-state index >= 15 is 0 Å². The third-order valence-electron chi connectivity index (χ3n) is 3.81. The third kappa shape index (κ3) is 3.35. The molecule has 0 unspecified atom stereocenters.